The molecule has 1 saturated heterocycles. The number of nitrogen functional groups attached to an aromatic ring is 1. The Morgan fingerprint density at radius 2 is 1.68 bits per heavy atom. The zero-order valence-corrected chi connectivity index (χ0v) is 23.0. The Kier molecular flexibility index (Phi) is 11.2. The van der Waals surface area contributed by atoms with E-state index in [4.69, 9.17) is 21.3 Å². The van der Waals surface area contributed by atoms with Gasteiger partial charge in [-0.1, -0.05) is 24.3 Å². The van der Waals surface area contributed by atoms with E-state index in [9.17, 15) is 9.90 Å². The van der Waals surface area contributed by atoms with Gasteiger partial charge in [-0.05, 0) is 59.7 Å². The quantitative estimate of drug-likeness (QED) is 0.208. The number of rotatable bonds is 9. The number of aliphatic carboxylic acids is 1. The standard InChI is InChI=1S/C28H33N5O3.2ClH/c1-19(29)32-13-10-26(11-14-32)36-25-8-6-24(7-9-25)33(15-12-27(34)35)18-20-2-3-21-4-5-22(28(30)31)17-23(21)16-20;;/h2-9,16-17,26,29H,10-15,18H2,1H3,(H3,30,31)(H,34,35);2*1H. The van der Waals surface area contributed by atoms with Crippen LogP contribution in [0.5, 0.6) is 5.75 Å². The Hall–Kier alpha value is -3.49. The average molecular weight is 561 g/mol. The van der Waals surface area contributed by atoms with Gasteiger partial charge in [0.15, 0.2) is 0 Å². The SMILES string of the molecule is CC(=N)N1CCC(Oc2ccc(N(CCC(=O)O)Cc3ccc4ccc(C(=N)N)cc4c3)cc2)CC1.Cl.Cl. The number of piperidine rings is 1. The fourth-order valence-corrected chi connectivity index (χ4v) is 4.55. The maximum Gasteiger partial charge on any atom is 0.305 e. The van der Waals surface area contributed by atoms with E-state index in [2.05, 4.69) is 15.9 Å². The van der Waals surface area contributed by atoms with E-state index in [0.29, 0.717) is 24.5 Å². The summed E-state index contributed by atoms with van der Waals surface area (Å²) >= 11 is 0. The summed E-state index contributed by atoms with van der Waals surface area (Å²) in [5.41, 5.74) is 8.30. The number of nitrogens with two attached hydrogens (primary N) is 1. The molecule has 5 N–H and O–H groups in total. The lowest BCUT2D eigenvalue weighted by atomic mass is 10.0. The van der Waals surface area contributed by atoms with Crippen molar-refractivity contribution in [3.63, 3.8) is 0 Å². The molecule has 0 spiro atoms. The van der Waals surface area contributed by atoms with Crippen LogP contribution in [-0.2, 0) is 11.3 Å². The van der Waals surface area contributed by atoms with Crippen LogP contribution in [0.15, 0.2) is 60.7 Å². The summed E-state index contributed by atoms with van der Waals surface area (Å²) < 4.78 is 6.18. The number of carbonyl (C=O) groups is 1. The Morgan fingerprint density at radius 3 is 2.29 bits per heavy atom. The number of benzene rings is 3. The van der Waals surface area contributed by atoms with Gasteiger partial charge in [0, 0.05) is 50.3 Å². The van der Waals surface area contributed by atoms with Crippen LogP contribution >= 0.6 is 24.8 Å². The van der Waals surface area contributed by atoms with E-state index in [1.54, 1.807) is 0 Å². The molecule has 3 aromatic rings. The van der Waals surface area contributed by atoms with Gasteiger partial charge in [0.25, 0.3) is 0 Å². The number of amidine groups is 2. The molecular formula is C28H35Cl2N5O3. The molecule has 0 aromatic heterocycles. The third kappa shape index (κ3) is 8.00. The number of nitrogens with zero attached hydrogens (tertiary/aromatic N) is 2. The van der Waals surface area contributed by atoms with E-state index in [1.807, 2.05) is 61.5 Å². The van der Waals surface area contributed by atoms with Gasteiger partial charge < -0.3 is 25.4 Å². The van der Waals surface area contributed by atoms with E-state index < -0.39 is 5.97 Å². The molecule has 0 saturated carbocycles. The van der Waals surface area contributed by atoms with Crippen molar-refractivity contribution in [3.8, 4) is 5.75 Å². The molecule has 0 amide bonds. The van der Waals surface area contributed by atoms with Gasteiger partial charge in [0.2, 0.25) is 0 Å². The van der Waals surface area contributed by atoms with Crippen molar-refractivity contribution in [2.45, 2.75) is 38.8 Å². The number of carboxylic acid groups (broad SMARTS) is 1. The zero-order valence-electron chi connectivity index (χ0n) is 21.4. The highest BCUT2D eigenvalue weighted by Crippen LogP contribution is 2.26. The molecule has 0 bridgehead atoms. The van der Waals surface area contributed by atoms with Gasteiger partial charge in [-0.3, -0.25) is 15.6 Å². The van der Waals surface area contributed by atoms with Crippen LogP contribution in [0, 0.1) is 10.8 Å². The Bertz CT molecular complexity index is 1260. The first-order valence-electron chi connectivity index (χ1n) is 12.2. The number of hydrogen-bond donors (Lipinski definition) is 4. The minimum absolute atomic E-state index is 0. The third-order valence-corrected chi connectivity index (χ3v) is 6.61. The van der Waals surface area contributed by atoms with E-state index in [-0.39, 0.29) is 43.2 Å². The first-order valence-corrected chi connectivity index (χ1v) is 12.2. The first-order chi connectivity index (χ1) is 17.3. The van der Waals surface area contributed by atoms with Crippen LogP contribution in [0.4, 0.5) is 5.69 Å². The fraction of sp³-hybridized carbons (Fsp3) is 0.321. The van der Waals surface area contributed by atoms with Crippen molar-refractivity contribution in [1.82, 2.24) is 4.90 Å². The average Bonchev–Trinajstić information content (AvgIpc) is 2.86. The van der Waals surface area contributed by atoms with Gasteiger partial charge in [-0.15, -0.1) is 24.8 Å². The zero-order chi connectivity index (χ0) is 25.7. The molecule has 8 nitrogen and oxygen atoms in total. The topological polar surface area (TPSA) is 127 Å². The van der Waals surface area contributed by atoms with Gasteiger partial charge in [0.05, 0.1) is 12.3 Å². The lowest BCUT2D eigenvalue weighted by Crippen LogP contribution is -2.40. The minimum Gasteiger partial charge on any atom is -0.490 e. The normalized spacial score (nSPS) is 13.2. The van der Waals surface area contributed by atoms with Crippen LogP contribution in [0.3, 0.4) is 0 Å². The van der Waals surface area contributed by atoms with Crippen molar-refractivity contribution in [2.24, 2.45) is 5.73 Å². The van der Waals surface area contributed by atoms with Crippen molar-refractivity contribution >= 4 is 58.9 Å². The van der Waals surface area contributed by atoms with E-state index in [0.717, 1.165) is 53.7 Å². The Labute approximate surface area is 235 Å². The molecular weight excluding hydrogens is 525 g/mol. The van der Waals surface area contributed by atoms with Gasteiger partial charge in [-0.2, -0.15) is 0 Å². The molecule has 1 heterocycles. The number of nitrogens with one attached hydrogen (secondary N) is 2. The summed E-state index contributed by atoms with van der Waals surface area (Å²) in [5, 5.41) is 26.8. The smallest absolute Gasteiger partial charge is 0.305 e. The van der Waals surface area contributed by atoms with Crippen molar-refractivity contribution in [1.29, 1.82) is 10.8 Å². The molecule has 1 aliphatic rings. The number of carboxylic acids is 1. The highest BCUT2D eigenvalue weighted by molar-refractivity contribution is 5.99. The summed E-state index contributed by atoms with van der Waals surface area (Å²) in [5.74, 6) is 0.591. The monoisotopic (exact) mass is 559 g/mol. The van der Waals surface area contributed by atoms with Crippen LogP contribution in [0.2, 0.25) is 0 Å². The maximum atomic E-state index is 11.3. The predicted molar refractivity (Wildman–Crippen MR) is 158 cm³/mol. The summed E-state index contributed by atoms with van der Waals surface area (Å²) in [7, 11) is 0. The molecule has 0 radical (unpaired) electrons. The number of halogens is 2. The number of likely N-dealkylation sites (tertiary alicyclic amines) is 1. The van der Waals surface area contributed by atoms with E-state index >= 15 is 0 Å². The van der Waals surface area contributed by atoms with Crippen molar-refractivity contribution < 1.29 is 14.6 Å². The van der Waals surface area contributed by atoms with Gasteiger partial charge >= 0.3 is 5.97 Å². The summed E-state index contributed by atoms with van der Waals surface area (Å²) in [6.45, 7) is 4.41. The summed E-state index contributed by atoms with van der Waals surface area (Å²) in [6, 6.07) is 19.7. The molecule has 3 aromatic carbocycles. The van der Waals surface area contributed by atoms with Crippen LogP contribution < -0.4 is 15.4 Å². The second-order valence-electron chi connectivity index (χ2n) is 9.26. The lowest BCUT2D eigenvalue weighted by molar-refractivity contribution is -0.136. The predicted octanol–water partition coefficient (Wildman–Crippen LogP) is 5.29. The highest BCUT2D eigenvalue weighted by atomic mass is 35.5. The molecule has 0 atom stereocenters. The van der Waals surface area contributed by atoms with Gasteiger partial charge in [-0.25, -0.2) is 0 Å². The second kappa shape index (κ2) is 13.9. The molecule has 4 rings (SSSR count). The first kappa shape index (κ1) is 30.7. The molecule has 1 aliphatic heterocycles. The van der Waals surface area contributed by atoms with Crippen LogP contribution in [-0.4, -0.2) is 53.4 Å². The third-order valence-electron chi connectivity index (χ3n) is 6.61. The molecule has 0 aliphatic carbocycles. The van der Waals surface area contributed by atoms with Gasteiger partial charge in [0.1, 0.15) is 17.7 Å². The van der Waals surface area contributed by atoms with E-state index in [1.165, 1.54) is 0 Å². The molecule has 38 heavy (non-hydrogen) atoms. The van der Waals surface area contributed by atoms with Crippen molar-refractivity contribution in [3.05, 3.63) is 71.8 Å². The second-order valence-corrected chi connectivity index (χ2v) is 9.26. The van der Waals surface area contributed by atoms with Crippen molar-refractivity contribution in [2.75, 3.05) is 24.5 Å². The van der Waals surface area contributed by atoms with Crippen LogP contribution in [0.25, 0.3) is 10.8 Å². The number of anilines is 1. The Balaban J connectivity index is 0.00000253. The largest absolute Gasteiger partial charge is 0.490 e. The highest BCUT2D eigenvalue weighted by Gasteiger charge is 2.21. The molecule has 0 unspecified atom stereocenters. The number of fused-ring (bicyclic) bond motifs is 1. The Morgan fingerprint density at radius 1 is 1.03 bits per heavy atom. The molecule has 1 fully saturated rings. The molecule has 204 valence electrons. The minimum atomic E-state index is -0.837. The number of ether oxygens (including phenoxy) is 1. The summed E-state index contributed by atoms with van der Waals surface area (Å²) in [6.07, 6.45) is 1.93. The fourth-order valence-electron chi connectivity index (χ4n) is 4.55. The molecule has 10 heteroatoms. The summed E-state index contributed by atoms with van der Waals surface area (Å²) in [4.78, 5) is 15.4. The lowest BCUT2D eigenvalue weighted by Gasteiger charge is -2.33. The van der Waals surface area contributed by atoms with Crippen LogP contribution in [0.1, 0.15) is 37.3 Å². The number of hydrogen-bond acceptors (Lipinski definition) is 5. The maximum absolute atomic E-state index is 11.3.